The first kappa shape index (κ1) is 27.8. The molecule has 4 amide bonds. The normalized spacial score (nSPS) is 39.6. The fraction of sp³-hybridized carbons (Fsp3) is 0.935. The van der Waals surface area contributed by atoms with E-state index >= 15 is 0 Å². The van der Waals surface area contributed by atoms with Gasteiger partial charge in [0.15, 0.2) is 0 Å². The SMILES string of the molecule is CCC1CC(CC)C(CN2C(=O)N(CC3CC(C)CC3CC)CN(CC3CC(C)CC3CC)C2=O)C1. The number of urea groups is 2. The van der Waals surface area contributed by atoms with E-state index in [0.717, 1.165) is 37.3 Å². The first-order valence-electron chi connectivity index (χ1n) is 15.6. The van der Waals surface area contributed by atoms with E-state index in [-0.39, 0.29) is 12.1 Å². The average molecular weight is 502 g/mol. The van der Waals surface area contributed by atoms with Crippen LogP contribution in [0.25, 0.3) is 0 Å². The zero-order chi connectivity index (χ0) is 26.0. The summed E-state index contributed by atoms with van der Waals surface area (Å²) < 4.78 is 0. The van der Waals surface area contributed by atoms with Crippen molar-refractivity contribution in [2.45, 2.75) is 106 Å². The number of imide groups is 1. The molecule has 9 atom stereocenters. The van der Waals surface area contributed by atoms with Gasteiger partial charge in [-0.1, -0.05) is 67.2 Å². The van der Waals surface area contributed by atoms with E-state index in [1.807, 2.05) is 0 Å². The van der Waals surface area contributed by atoms with Gasteiger partial charge in [-0.15, -0.1) is 0 Å². The lowest BCUT2D eigenvalue weighted by Gasteiger charge is -2.44. The van der Waals surface area contributed by atoms with Gasteiger partial charge in [0.2, 0.25) is 0 Å². The van der Waals surface area contributed by atoms with E-state index in [0.29, 0.717) is 48.7 Å². The van der Waals surface area contributed by atoms with Gasteiger partial charge in [-0.2, -0.15) is 0 Å². The smallest absolute Gasteiger partial charge is 0.306 e. The summed E-state index contributed by atoms with van der Waals surface area (Å²) in [7, 11) is 0. The van der Waals surface area contributed by atoms with Crippen molar-refractivity contribution in [1.29, 1.82) is 0 Å². The zero-order valence-corrected chi connectivity index (χ0v) is 24.3. The summed E-state index contributed by atoms with van der Waals surface area (Å²) in [6.07, 6.45) is 12.2. The molecule has 206 valence electrons. The molecule has 0 N–H and O–H groups in total. The van der Waals surface area contributed by atoms with E-state index in [9.17, 15) is 9.59 Å². The van der Waals surface area contributed by atoms with Crippen molar-refractivity contribution in [1.82, 2.24) is 14.7 Å². The van der Waals surface area contributed by atoms with Crippen molar-refractivity contribution in [3.63, 3.8) is 0 Å². The second-order valence-corrected chi connectivity index (χ2v) is 13.4. The molecule has 1 saturated heterocycles. The Hall–Kier alpha value is -1.26. The lowest BCUT2D eigenvalue weighted by molar-refractivity contribution is 0.0528. The number of carbonyl (C=O) groups is 2. The third-order valence-electron chi connectivity index (χ3n) is 10.9. The van der Waals surface area contributed by atoms with Crippen molar-refractivity contribution in [3.05, 3.63) is 0 Å². The molecule has 0 radical (unpaired) electrons. The number of nitrogens with zero attached hydrogens (tertiary/aromatic N) is 3. The summed E-state index contributed by atoms with van der Waals surface area (Å²) in [6, 6.07) is -0.0143. The molecule has 3 saturated carbocycles. The van der Waals surface area contributed by atoms with Gasteiger partial charge in [-0.3, -0.25) is 0 Å². The second-order valence-electron chi connectivity index (χ2n) is 13.4. The second kappa shape index (κ2) is 12.1. The molecule has 0 aromatic rings. The molecule has 1 aliphatic heterocycles. The number of rotatable bonds is 10. The van der Waals surface area contributed by atoms with Crippen LogP contribution in [0.4, 0.5) is 9.59 Å². The Labute approximate surface area is 221 Å². The van der Waals surface area contributed by atoms with Crippen LogP contribution >= 0.6 is 0 Å². The topological polar surface area (TPSA) is 43.9 Å². The van der Waals surface area contributed by atoms with Crippen molar-refractivity contribution in [2.24, 2.45) is 53.3 Å². The van der Waals surface area contributed by atoms with Gasteiger partial charge in [0, 0.05) is 19.6 Å². The fourth-order valence-electron chi connectivity index (χ4n) is 8.85. The number of carbonyl (C=O) groups excluding carboxylic acids is 2. The number of amides is 4. The average Bonchev–Trinajstić information content (AvgIpc) is 3.54. The summed E-state index contributed by atoms with van der Waals surface area (Å²) in [6.45, 7) is 16.7. The van der Waals surface area contributed by atoms with Crippen LogP contribution in [0, 0.1) is 53.3 Å². The molecule has 1 heterocycles. The lowest BCUT2D eigenvalue weighted by atomic mass is 9.92. The van der Waals surface area contributed by atoms with Crippen LogP contribution in [-0.2, 0) is 0 Å². The highest BCUT2D eigenvalue weighted by atomic mass is 16.2. The maximum atomic E-state index is 13.9. The molecule has 5 heteroatoms. The third kappa shape index (κ3) is 5.90. The molecule has 3 aliphatic carbocycles. The predicted molar refractivity (Wildman–Crippen MR) is 147 cm³/mol. The maximum absolute atomic E-state index is 13.9. The van der Waals surface area contributed by atoms with Crippen LogP contribution < -0.4 is 0 Å². The molecule has 4 fully saturated rings. The highest BCUT2D eigenvalue weighted by Gasteiger charge is 2.44. The quantitative estimate of drug-likeness (QED) is 0.308. The van der Waals surface area contributed by atoms with Gasteiger partial charge >= 0.3 is 12.1 Å². The fourth-order valence-corrected chi connectivity index (χ4v) is 8.85. The van der Waals surface area contributed by atoms with Gasteiger partial charge in [-0.05, 0) is 91.8 Å². The van der Waals surface area contributed by atoms with Crippen LogP contribution in [0.2, 0.25) is 0 Å². The van der Waals surface area contributed by atoms with Gasteiger partial charge in [0.05, 0.1) is 6.67 Å². The Morgan fingerprint density at radius 3 is 1.39 bits per heavy atom. The van der Waals surface area contributed by atoms with Crippen molar-refractivity contribution >= 4 is 12.1 Å². The summed E-state index contributed by atoms with van der Waals surface area (Å²) >= 11 is 0. The van der Waals surface area contributed by atoms with Crippen molar-refractivity contribution in [2.75, 3.05) is 26.3 Å². The predicted octanol–water partition coefficient (Wildman–Crippen LogP) is 7.71. The minimum Gasteiger partial charge on any atom is -0.306 e. The van der Waals surface area contributed by atoms with E-state index in [4.69, 9.17) is 0 Å². The Bertz CT molecular complexity index is 710. The highest BCUT2D eigenvalue weighted by molar-refractivity contribution is 5.95. The van der Waals surface area contributed by atoms with Gasteiger partial charge < -0.3 is 9.80 Å². The first-order valence-corrected chi connectivity index (χ1v) is 15.6. The van der Waals surface area contributed by atoms with Crippen LogP contribution in [0.3, 0.4) is 0 Å². The molecular formula is C31H55N3O2. The van der Waals surface area contributed by atoms with Gasteiger partial charge in [-0.25, -0.2) is 14.5 Å². The maximum Gasteiger partial charge on any atom is 0.329 e. The molecule has 36 heavy (non-hydrogen) atoms. The summed E-state index contributed by atoms with van der Waals surface area (Å²) in [5.41, 5.74) is 0. The minimum atomic E-state index is -0.00714. The van der Waals surface area contributed by atoms with E-state index < -0.39 is 0 Å². The number of hydrogen-bond acceptors (Lipinski definition) is 2. The zero-order valence-electron chi connectivity index (χ0n) is 24.3. The number of hydrogen-bond donors (Lipinski definition) is 0. The van der Waals surface area contributed by atoms with E-state index in [2.05, 4.69) is 51.3 Å². The van der Waals surface area contributed by atoms with Gasteiger partial charge in [0.25, 0.3) is 0 Å². The summed E-state index contributed by atoms with van der Waals surface area (Å²) in [5, 5.41) is 0. The van der Waals surface area contributed by atoms with E-state index in [1.54, 1.807) is 4.90 Å². The Morgan fingerprint density at radius 1 is 0.556 bits per heavy atom. The molecule has 4 aliphatic rings. The van der Waals surface area contributed by atoms with Crippen molar-refractivity contribution < 1.29 is 9.59 Å². The highest BCUT2D eigenvalue weighted by Crippen LogP contribution is 2.43. The lowest BCUT2D eigenvalue weighted by Crippen LogP contribution is -2.63. The Balaban J connectivity index is 1.53. The monoisotopic (exact) mass is 501 g/mol. The Kier molecular flexibility index (Phi) is 9.31. The largest absolute Gasteiger partial charge is 0.329 e. The minimum absolute atomic E-state index is 0.00714. The molecule has 4 rings (SSSR count). The molecule has 9 unspecified atom stereocenters. The third-order valence-corrected chi connectivity index (χ3v) is 10.9. The summed E-state index contributed by atoms with van der Waals surface area (Å²) in [4.78, 5) is 33.6. The van der Waals surface area contributed by atoms with Crippen LogP contribution in [-0.4, -0.2) is 53.1 Å². The molecule has 0 aromatic carbocycles. The Morgan fingerprint density at radius 2 is 0.944 bits per heavy atom. The van der Waals surface area contributed by atoms with Crippen LogP contribution in [0.15, 0.2) is 0 Å². The molecule has 0 aromatic heterocycles. The van der Waals surface area contributed by atoms with Crippen molar-refractivity contribution in [3.8, 4) is 0 Å². The molecule has 0 bridgehead atoms. The molecule has 5 nitrogen and oxygen atoms in total. The first-order chi connectivity index (χ1) is 17.3. The van der Waals surface area contributed by atoms with Crippen LogP contribution in [0.5, 0.6) is 0 Å². The standard InChI is InChI=1S/C31H55N3O2/c1-7-23-15-26(10-4)29(16-23)19-34-30(35)32(17-27-13-21(5)11-24(27)8-2)20-33(31(34)36)18-28-14-22(6)12-25(28)9-3/h21-29H,7-20H2,1-6H3. The van der Waals surface area contributed by atoms with E-state index in [1.165, 1.54) is 57.8 Å². The van der Waals surface area contributed by atoms with Gasteiger partial charge in [0.1, 0.15) is 0 Å². The molecule has 0 spiro atoms. The molecular weight excluding hydrogens is 446 g/mol. The van der Waals surface area contributed by atoms with Crippen LogP contribution in [0.1, 0.15) is 106 Å². The summed E-state index contributed by atoms with van der Waals surface area (Å²) in [5.74, 6) is 5.88.